The minimum atomic E-state index is 0.110. The first kappa shape index (κ1) is 14.9. The molecule has 0 aromatic carbocycles. The Morgan fingerprint density at radius 2 is 2.05 bits per heavy atom. The van der Waals surface area contributed by atoms with Gasteiger partial charge in [-0.1, -0.05) is 20.8 Å². The summed E-state index contributed by atoms with van der Waals surface area (Å²) in [6.07, 6.45) is 5.24. The first-order chi connectivity index (χ1) is 9.55. The minimum absolute atomic E-state index is 0.110. The molecule has 0 amide bonds. The van der Waals surface area contributed by atoms with E-state index in [-0.39, 0.29) is 6.04 Å². The highest BCUT2D eigenvalue weighted by Crippen LogP contribution is 2.19. The van der Waals surface area contributed by atoms with Crippen LogP contribution in [0, 0.1) is 5.92 Å². The molecule has 2 aromatic heterocycles. The van der Waals surface area contributed by atoms with E-state index >= 15 is 0 Å². The van der Waals surface area contributed by atoms with Crippen LogP contribution in [-0.2, 0) is 19.5 Å². The van der Waals surface area contributed by atoms with Crippen LogP contribution in [0.3, 0.4) is 0 Å². The van der Waals surface area contributed by atoms with Crippen molar-refractivity contribution in [2.75, 3.05) is 0 Å². The van der Waals surface area contributed by atoms with Gasteiger partial charge in [0, 0.05) is 25.0 Å². The van der Waals surface area contributed by atoms with Gasteiger partial charge in [-0.05, 0) is 37.0 Å². The Morgan fingerprint density at radius 1 is 1.30 bits per heavy atom. The maximum absolute atomic E-state index is 6.20. The fourth-order valence-corrected chi connectivity index (χ4v) is 2.42. The number of aromatic nitrogens is 3. The van der Waals surface area contributed by atoms with E-state index in [1.165, 1.54) is 11.3 Å². The van der Waals surface area contributed by atoms with Crippen LogP contribution < -0.4 is 5.73 Å². The van der Waals surface area contributed by atoms with Crippen molar-refractivity contribution in [1.82, 2.24) is 14.3 Å². The summed E-state index contributed by atoms with van der Waals surface area (Å²) in [7, 11) is 0. The van der Waals surface area contributed by atoms with Crippen molar-refractivity contribution >= 4 is 0 Å². The maximum Gasteiger partial charge on any atom is 0.0639 e. The van der Waals surface area contributed by atoms with E-state index in [9.17, 15) is 0 Å². The van der Waals surface area contributed by atoms with Crippen molar-refractivity contribution in [3.63, 3.8) is 0 Å². The lowest BCUT2D eigenvalue weighted by Crippen LogP contribution is -2.16. The van der Waals surface area contributed by atoms with E-state index < -0.39 is 0 Å². The van der Waals surface area contributed by atoms with Crippen molar-refractivity contribution in [3.05, 3.63) is 41.5 Å². The van der Waals surface area contributed by atoms with E-state index in [1.807, 2.05) is 0 Å². The molecule has 0 saturated carbocycles. The lowest BCUT2D eigenvalue weighted by Gasteiger charge is -2.13. The molecule has 0 bridgehead atoms. The molecule has 2 N–H and O–H groups in total. The van der Waals surface area contributed by atoms with Crippen molar-refractivity contribution in [2.24, 2.45) is 11.7 Å². The van der Waals surface area contributed by atoms with Crippen LogP contribution in [-0.4, -0.2) is 14.3 Å². The Bertz CT molecular complexity index is 551. The van der Waals surface area contributed by atoms with Crippen LogP contribution in [0.2, 0.25) is 0 Å². The molecule has 1 unspecified atom stereocenters. The molecule has 0 aliphatic carbocycles. The van der Waals surface area contributed by atoms with E-state index in [2.05, 4.69) is 66.6 Å². The molecule has 2 rings (SSSR count). The molecule has 2 heterocycles. The lowest BCUT2D eigenvalue weighted by atomic mass is 10.00. The fourth-order valence-electron chi connectivity index (χ4n) is 2.42. The molecular formula is C16H26N4. The van der Waals surface area contributed by atoms with E-state index in [4.69, 9.17) is 5.73 Å². The van der Waals surface area contributed by atoms with Gasteiger partial charge >= 0.3 is 0 Å². The first-order valence-corrected chi connectivity index (χ1v) is 7.52. The Balaban J connectivity index is 2.16. The molecule has 0 aliphatic rings. The molecule has 110 valence electrons. The van der Waals surface area contributed by atoms with Crippen LogP contribution in [0.25, 0.3) is 0 Å². The Morgan fingerprint density at radius 3 is 2.65 bits per heavy atom. The molecular weight excluding hydrogens is 248 g/mol. The van der Waals surface area contributed by atoms with Gasteiger partial charge < -0.3 is 10.3 Å². The standard InChI is InChI=1S/C16H26N4/c1-5-14-9-15(20(6-2)18-14)11-19-8-7-13(10-19)16(17)12(3)4/h7-10,12,16H,5-6,11,17H2,1-4H3. The highest BCUT2D eigenvalue weighted by Gasteiger charge is 2.12. The van der Waals surface area contributed by atoms with Crippen LogP contribution in [0.15, 0.2) is 24.5 Å². The molecule has 0 spiro atoms. The summed E-state index contributed by atoms with van der Waals surface area (Å²) in [5.41, 5.74) is 9.82. The molecule has 0 radical (unpaired) electrons. The van der Waals surface area contributed by atoms with Crippen LogP contribution in [0.1, 0.15) is 50.7 Å². The highest BCUT2D eigenvalue weighted by atomic mass is 15.3. The largest absolute Gasteiger partial charge is 0.348 e. The number of nitrogens with zero attached hydrogens (tertiary/aromatic N) is 3. The third-order valence-electron chi connectivity index (χ3n) is 3.80. The van der Waals surface area contributed by atoms with Gasteiger partial charge in [0.05, 0.1) is 17.9 Å². The van der Waals surface area contributed by atoms with Crippen LogP contribution in [0.5, 0.6) is 0 Å². The molecule has 0 saturated heterocycles. The van der Waals surface area contributed by atoms with Gasteiger partial charge in [0.2, 0.25) is 0 Å². The number of aryl methyl sites for hydroxylation is 2. The van der Waals surface area contributed by atoms with Gasteiger partial charge in [-0.15, -0.1) is 0 Å². The topological polar surface area (TPSA) is 48.8 Å². The Kier molecular flexibility index (Phi) is 4.65. The quantitative estimate of drug-likeness (QED) is 0.880. The smallest absolute Gasteiger partial charge is 0.0639 e. The maximum atomic E-state index is 6.20. The Hall–Kier alpha value is -1.55. The van der Waals surface area contributed by atoms with Gasteiger partial charge in [0.15, 0.2) is 0 Å². The highest BCUT2D eigenvalue weighted by molar-refractivity contribution is 5.18. The average Bonchev–Trinajstić information content (AvgIpc) is 3.04. The second-order valence-corrected chi connectivity index (χ2v) is 5.68. The lowest BCUT2D eigenvalue weighted by molar-refractivity contribution is 0.513. The van der Waals surface area contributed by atoms with Crippen LogP contribution >= 0.6 is 0 Å². The number of nitrogens with two attached hydrogens (primary N) is 1. The molecule has 4 nitrogen and oxygen atoms in total. The van der Waals surface area contributed by atoms with Gasteiger partial charge in [-0.25, -0.2) is 0 Å². The monoisotopic (exact) mass is 274 g/mol. The van der Waals surface area contributed by atoms with E-state index in [0.717, 1.165) is 25.2 Å². The zero-order chi connectivity index (χ0) is 14.7. The zero-order valence-corrected chi connectivity index (χ0v) is 13.0. The van der Waals surface area contributed by atoms with Gasteiger partial charge in [-0.2, -0.15) is 5.10 Å². The molecule has 20 heavy (non-hydrogen) atoms. The van der Waals surface area contributed by atoms with Gasteiger partial charge in [0.25, 0.3) is 0 Å². The average molecular weight is 274 g/mol. The fraction of sp³-hybridized carbons (Fsp3) is 0.562. The van der Waals surface area contributed by atoms with E-state index in [1.54, 1.807) is 0 Å². The second-order valence-electron chi connectivity index (χ2n) is 5.68. The van der Waals surface area contributed by atoms with Crippen LogP contribution in [0.4, 0.5) is 0 Å². The summed E-state index contributed by atoms with van der Waals surface area (Å²) >= 11 is 0. The summed E-state index contributed by atoms with van der Waals surface area (Å²) in [5, 5.41) is 4.59. The summed E-state index contributed by atoms with van der Waals surface area (Å²) in [4.78, 5) is 0. The predicted octanol–water partition coefficient (Wildman–Crippen LogP) is 2.97. The number of hydrogen-bond acceptors (Lipinski definition) is 2. The summed E-state index contributed by atoms with van der Waals surface area (Å²) < 4.78 is 4.28. The van der Waals surface area contributed by atoms with Crippen molar-refractivity contribution in [1.29, 1.82) is 0 Å². The van der Waals surface area contributed by atoms with Gasteiger partial charge in [-0.3, -0.25) is 4.68 Å². The summed E-state index contributed by atoms with van der Waals surface area (Å²) in [6.45, 7) is 10.3. The van der Waals surface area contributed by atoms with Crippen molar-refractivity contribution in [2.45, 2.75) is 53.2 Å². The molecule has 2 aromatic rings. The molecule has 1 atom stereocenters. The molecule has 0 aliphatic heterocycles. The van der Waals surface area contributed by atoms with Crippen molar-refractivity contribution in [3.8, 4) is 0 Å². The minimum Gasteiger partial charge on any atom is -0.348 e. The summed E-state index contributed by atoms with van der Waals surface area (Å²) in [5.74, 6) is 0.457. The molecule has 0 fully saturated rings. The van der Waals surface area contributed by atoms with E-state index in [0.29, 0.717) is 5.92 Å². The van der Waals surface area contributed by atoms with Crippen molar-refractivity contribution < 1.29 is 0 Å². The SMILES string of the molecule is CCc1cc(Cn2ccc(C(N)C(C)C)c2)n(CC)n1. The number of hydrogen-bond donors (Lipinski definition) is 1. The first-order valence-electron chi connectivity index (χ1n) is 7.52. The van der Waals surface area contributed by atoms with Gasteiger partial charge in [0.1, 0.15) is 0 Å². The Labute approximate surface area is 121 Å². The summed E-state index contributed by atoms with van der Waals surface area (Å²) in [6, 6.07) is 4.43. The molecule has 4 heteroatoms. The third-order valence-corrected chi connectivity index (χ3v) is 3.80. The number of rotatable bonds is 6. The normalized spacial score (nSPS) is 13.1. The second kappa shape index (κ2) is 6.27. The zero-order valence-electron chi connectivity index (χ0n) is 13.0. The predicted molar refractivity (Wildman–Crippen MR) is 82.6 cm³/mol. The third kappa shape index (κ3) is 3.12.